The van der Waals surface area contributed by atoms with Crippen molar-refractivity contribution < 1.29 is 0 Å². The minimum Gasteiger partial charge on any atom is -0.329 e. The average Bonchev–Trinajstić information content (AvgIpc) is 2.91. The SMILES string of the molecule is Cc1ccc(C(C)n2c(=S)[nH]c3cc(Br)cnc32)s1. The number of nitrogens with zero attached hydrogens (tertiary/aromatic N) is 2. The van der Waals surface area contributed by atoms with Gasteiger partial charge in [0, 0.05) is 20.4 Å². The molecule has 0 radical (unpaired) electrons. The van der Waals surface area contributed by atoms with Crippen LogP contribution in [0.15, 0.2) is 28.9 Å². The van der Waals surface area contributed by atoms with Gasteiger partial charge in [0.1, 0.15) is 0 Å². The second-order valence-corrected chi connectivity index (χ2v) is 7.07. The van der Waals surface area contributed by atoms with Crippen molar-refractivity contribution in [2.24, 2.45) is 0 Å². The largest absolute Gasteiger partial charge is 0.329 e. The number of H-pyrrole nitrogens is 1. The summed E-state index contributed by atoms with van der Waals surface area (Å²) in [7, 11) is 0. The monoisotopic (exact) mass is 353 g/mol. The first-order valence-electron chi connectivity index (χ1n) is 5.88. The van der Waals surface area contributed by atoms with E-state index in [4.69, 9.17) is 12.2 Å². The van der Waals surface area contributed by atoms with Crippen LogP contribution in [0.3, 0.4) is 0 Å². The Morgan fingerprint density at radius 2 is 2.26 bits per heavy atom. The van der Waals surface area contributed by atoms with E-state index in [1.54, 1.807) is 17.5 Å². The Morgan fingerprint density at radius 3 is 2.95 bits per heavy atom. The van der Waals surface area contributed by atoms with Gasteiger partial charge in [-0.25, -0.2) is 4.98 Å². The van der Waals surface area contributed by atoms with Crippen molar-refractivity contribution in [3.05, 3.63) is 43.4 Å². The highest BCUT2D eigenvalue weighted by atomic mass is 79.9. The van der Waals surface area contributed by atoms with Gasteiger partial charge < -0.3 is 4.98 Å². The first-order chi connectivity index (χ1) is 9.06. The van der Waals surface area contributed by atoms with Gasteiger partial charge in [-0.2, -0.15) is 0 Å². The number of aryl methyl sites for hydroxylation is 1. The van der Waals surface area contributed by atoms with Gasteiger partial charge in [0.25, 0.3) is 0 Å². The number of nitrogens with one attached hydrogen (secondary N) is 1. The Bertz CT molecular complexity index is 800. The molecular weight excluding hydrogens is 342 g/mol. The molecule has 0 spiro atoms. The normalized spacial score (nSPS) is 13.0. The molecule has 3 nitrogen and oxygen atoms in total. The zero-order valence-corrected chi connectivity index (χ0v) is 13.7. The van der Waals surface area contributed by atoms with E-state index < -0.39 is 0 Å². The van der Waals surface area contributed by atoms with Crippen molar-refractivity contribution in [3.8, 4) is 0 Å². The lowest BCUT2D eigenvalue weighted by molar-refractivity contribution is 0.655. The molecule has 3 aromatic rings. The smallest absolute Gasteiger partial charge is 0.179 e. The molecule has 0 bridgehead atoms. The fourth-order valence-electron chi connectivity index (χ4n) is 2.15. The second-order valence-electron chi connectivity index (χ2n) is 4.45. The van der Waals surface area contributed by atoms with E-state index in [0.717, 1.165) is 15.6 Å². The van der Waals surface area contributed by atoms with Gasteiger partial charge >= 0.3 is 0 Å². The molecule has 1 N–H and O–H groups in total. The van der Waals surface area contributed by atoms with Gasteiger partial charge in [-0.1, -0.05) is 0 Å². The maximum Gasteiger partial charge on any atom is 0.179 e. The summed E-state index contributed by atoms with van der Waals surface area (Å²) in [4.78, 5) is 10.3. The van der Waals surface area contributed by atoms with E-state index in [9.17, 15) is 0 Å². The number of hydrogen-bond donors (Lipinski definition) is 1. The molecule has 0 aliphatic heterocycles. The lowest BCUT2D eigenvalue weighted by atomic mass is 10.2. The second kappa shape index (κ2) is 4.85. The molecule has 3 rings (SSSR count). The van der Waals surface area contributed by atoms with Crippen molar-refractivity contribution in [2.45, 2.75) is 19.9 Å². The van der Waals surface area contributed by atoms with Crippen LogP contribution in [-0.4, -0.2) is 14.5 Å². The molecule has 0 aliphatic carbocycles. The first-order valence-corrected chi connectivity index (χ1v) is 7.90. The first kappa shape index (κ1) is 13.0. The topological polar surface area (TPSA) is 33.6 Å². The summed E-state index contributed by atoms with van der Waals surface area (Å²) < 4.78 is 3.73. The molecule has 0 amide bonds. The van der Waals surface area contributed by atoms with E-state index in [2.05, 4.69) is 56.4 Å². The van der Waals surface area contributed by atoms with E-state index >= 15 is 0 Å². The number of aromatic amines is 1. The Morgan fingerprint density at radius 1 is 1.47 bits per heavy atom. The quantitative estimate of drug-likeness (QED) is 0.669. The molecule has 3 aromatic heterocycles. The van der Waals surface area contributed by atoms with E-state index in [1.807, 2.05) is 6.07 Å². The number of aromatic nitrogens is 3. The van der Waals surface area contributed by atoms with Crippen LogP contribution in [-0.2, 0) is 0 Å². The minimum atomic E-state index is 0.189. The average molecular weight is 354 g/mol. The number of imidazole rings is 1. The van der Waals surface area contributed by atoms with Crippen LogP contribution in [0.2, 0.25) is 0 Å². The third-order valence-electron chi connectivity index (χ3n) is 3.08. The van der Waals surface area contributed by atoms with Gasteiger partial charge in [0.15, 0.2) is 10.4 Å². The Hall–Kier alpha value is -0.980. The molecule has 6 heteroatoms. The standard InChI is InChI=1S/C13H12BrN3S2/c1-7-3-4-11(19-7)8(2)17-12-10(16-13(17)18)5-9(14)6-15-12/h3-6,8H,1-2H3,(H,16,18). The summed E-state index contributed by atoms with van der Waals surface area (Å²) in [6.45, 7) is 4.27. The number of pyridine rings is 1. The summed E-state index contributed by atoms with van der Waals surface area (Å²) in [6.07, 6.45) is 1.80. The van der Waals surface area contributed by atoms with Gasteiger partial charge in [-0.15, -0.1) is 11.3 Å². The maximum atomic E-state index is 5.44. The fraction of sp³-hybridized carbons (Fsp3) is 0.231. The molecule has 0 aliphatic rings. The maximum absolute atomic E-state index is 5.44. The van der Waals surface area contributed by atoms with Gasteiger partial charge in [-0.3, -0.25) is 4.57 Å². The van der Waals surface area contributed by atoms with Crippen LogP contribution < -0.4 is 0 Å². The van der Waals surface area contributed by atoms with Crippen LogP contribution in [0.5, 0.6) is 0 Å². The zero-order chi connectivity index (χ0) is 13.6. The molecule has 0 saturated heterocycles. The molecule has 3 heterocycles. The minimum absolute atomic E-state index is 0.189. The summed E-state index contributed by atoms with van der Waals surface area (Å²) in [5, 5.41) is 0. The lowest BCUT2D eigenvalue weighted by Crippen LogP contribution is -2.05. The number of halogens is 1. The Balaban J connectivity index is 2.19. The van der Waals surface area contributed by atoms with Crippen molar-refractivity contribution in [3.63, 3.8) is 0 Å². The molecule has 19 heavy (non-hydrogen) atoms. The van der Waals surface area contributed by atoms with Crippen LogP contribution in [0.4, 0.5) is 0 Å². The lowest BCUT2D eigenvalue weighted by Gasteiger charge is -2.12. The molecule has 0 aromatic carbocycles. The van der Waals surface area contributed by atoms with Crippen LogP contribution in [0.25, 0.3) is 11.2 Å². The predicted molar refractivity (Wildman–Crippen MR) is 85.5 cm³/mol. The summed E-state index contributed by atoms with van der Waals surface area (Å²) in [5.74, 6) is 0. The predicted octanol–water partition coefficient (Wildman–Crippen LogP) is 4.84. The van der Waals surface area contributed by atoms with Crippen LogP contribution in [0, 0.1) is 11.7 Å². The third kappa shape index (κ3) is 2.28. The summed E-state index contributed by atoms with van der Waals surface area (Å²) in [5.41, 5.74) is 1.85. The molecule has 0 saturated carbocycles. The summed E-state index contributed by atoms with van der Waals surface area (Å²) >= 11 is 10.7. The van der Waals surface area contributed by atoms with Gasteiger partial charge in [0.05, 0.1) is 11.6 Å². The highest BCUT2D eigenvalue weighted by Crippen LogP contribution is 2.29. The van der Waals surface area contributed by atoms with E-state index in [0.29, 0.717) is 4.77 Å². The molecule has 0 fully saturated rings. The van der Waals surface area contributed by atoms with Crippen molar-refractivity contribution >= 4 is 50.6 Å². The number of rotatable bonds is 2. The Labute approximate surface area is 128 Å². The fourth-order valence-corrected chi connectivity index (χ4v) is 3.76. The van der Waals surface area contributed by atoms with Crippen LogP contribution >= 0.6 is 39.5 Å². The molecule has 1 atom stereocenters. The summed E-state index contributed by atoms with van der Waals surface area (Å²) in [6, 6.07) is 6.48. The van der Waals surface area contributed by atoms with Crippen LogP contribution in [0.1, 0.15) is 22.7 Å². The van der Waals surface area contributed by atoms with Crippen molar-refractivity contribution in [2.75, 3.05) is 0 Å². The van der Waals surface area contributed by atoms with Crippen molar-refractivity contribution in [1.82, 2.24) is 14.5 Å². The number of fused-ring (bicyclic) bond motifs is 1. The molecule has 1 unspecified atom stereocenters. The van der Waals surface area contributed by atoms with E-state index in [-0.39, 0.29) is 6.04 Å². The zero-order valence-electron chi connectivity index (χ0n) is 10.5. The number of thiophene rings is 1. The van der Waals surface area contributed by atoms with Gasteiger partial charge in [0.2, 0.25) is 0 Å². The Kier molecular flexibility index (Phi) is 3.32. The van der Waals surface area contributed by atoms with E-state index in [1.165, 1.54) is 9.75 Å². The third-order valence-corrected chi connectivity index (χ3v) is 4.99. The number of hydrogen-bond acceptors (Lipinski definition) is 3. The van der Waals surface area contributed by atoms with Crippen molar-refractivity contribution in [1.29, 1.82) is 0 Å². The van der Waals surface area contributed by atoms with Gasteiger partial charge in [-0.05, 0) is 60.2 Å². The molecular formula is C13H12BrN3S2. The highest BCUT2D eigenvalue weighted by Gasteiger charge is 2.15. The highest BCUT2D eigenvalue weighted by molar-refractivity contribution is 9.10. The molecule has 98 valence electrons.